The van der Waals surface area contributed by atoms with E-state index in [4.69, 9.17) is 16.0 Å². The van der Waals surface area contributed by atoms with Gasteiger partial charge in [0.25, 0.3) is 0 Å². The second-order valence-corrected chi connectivity index (χ2v) is 6.63. The van der Waals surface area contributed by atoms with Crippen LogP contribution in [0.4, 0.5) is 0 Å². The van der Waals surface area contributed by atoms with Crippen molar-refractivity contribution in [2.45, 2.75) is 43.8 Å². The van der Waals surface area contributed by atoms with Crippen LogP contribution in [-0.4, -0.2) is 12.8 Å². The highest BCUT2D eigenvalue weighted by atomic mass is 16.5. The summed E-state index contributed by atoms with van der Waals surface area (Å²) in [4.78, 5) is 2.69. The summed E-state index contributed by atoms with van der Waals surface area (Å²) >= 11 is 0. The maximum absolute atomic E-state index is 8.34. The normalized spacial score (nSPS) is 20.8. The third-order valence-electron chi connectivity index (χ3n) is 4.96. The van der Waals surface area contributed by atoms with Gasteiger partial charge in [-0.3, -0.25) is 5.32 Å². The summed E-state index contributed by atoms with van der Waals surface area (Å²) in [6.45, 7) is -0.0265. The van der Waals surface area contributed by atoms with Crippen LogP contribution in [0, 0.1) is 0 Å². The number of nitrogens with one attached hydrogen (secondary N) is 1. The standard InChI is InChI=1S/C20H25N5O/c21-20(16-9-6-10-17(13-16)26-14-23-25-22)24-19-12-5-4-11-18(19)15-7-2-1-3-8-15/h1-3,6-10,13,18-20,24H,4-5,11-12,14,21H2/t18?,19?,20-/m0/s1. The molecule has 0 bridgehead atoms. The van der Waals surface area contributed by atoms with Crippen LogP contribution in [0.3, 0.4) is 0 Å². The van der Waals surface area contributed by atoms with Gasteiger partial charge in [0, 0.05) is 11.0 Å². The van der Waals surface area contributed by atoms with Crippen LogP contribution >= 0.6 is 0 Å². The molecular formula is C20H25N5O. The number of hydrogen-bond donors (Lipinski definition) is 2. The lowest BCUT2D eigenvalue weighted by Crippen LogP contribution is -2.42. The van der Waals surface area contributed by atoms with Crippen LogP contribution in [0.5, 0.6) is 5.75 Å². The van der Waals surface area contributed by atoms with Crippen molar-refractivity contribution >= 4 is 0 Å². The Morgan fingerprint density at radius 3 is 2.77 bits per heavy atom. The Morgan fingerprint density at radius 1 is 1.15 bits per heavy atom. The van der Waals surface area contributed by atoms with Gasteiger partial charge in [-0.2, -0.15) is 0 Å². The summed E-state index contributed by atoms with van der Waals surface area (Å²) in [5.41, 5.74) is 17.1. The number of benzene rings is 2. The summed E-state index contributed by atoms with van der Waals surface area (Å²) in [5.74, 6) is 1.14. The highest BCUT2D eigenvalue weighted by molar-refractivity contribution is 5.30. The molecule has 136 valence electrons. The molecule has 0 aliphatic heterocycles. The first kappa shape index (κ1) is 18.3. The molecule has 1 fully saturated rings. The van der Waals surface area contributed by atoms with E-state index in [0.29, 0.717) is 17.7 Å². The predicted octanol–water partition coefficient (Wildman–Crippen LogP) is 4.61. The molecule has 2 aromatic carbocycles. The predicted molar refractivity (Wildman–Crippen MR) is 103 cm³/mol. The Kier molecular flexibility index (Phi) is 6.50. The van der Waals surface area contributed by atoms with Crippen molar-refractivity contribution in [1.29, 1.82) is 0 Å². The lowest BCUT2D eigenvalue weighted by Gasteiger charge is -2.35. The van der Waals surface area contributed by atoms with Gasteiger partial charge in [0.15, 0.2) is 6.73 Å². The van der Waals surface area contributed by atoms with E-state index in [1.54, 1.807) is 0 Å². The molecule has 2 aromatic rings. The van der Waals surface area contributed by atoms with Crippen molar-refractivity contribution in [3.05, 3.63) is 76.2 Å². The van der Waals surface area contributed by atoms with Gasteiger partial charge in [0.2, 0.25) is 0 Å². The zero-order valence-electron chi connectivity index (χ0n) is 14.8. The number of azide groups is 1. The van der Waals surface area contributed by atoms with Crippen molar-refractivity contribution in [3.8, 4) is 5.75 Å². The molecule has 3 atom stereocenters. The Morgan fingerprint density at radius 2 is 1.96 bits per heavy atom. The monoisotopic (exact) mass is 351 g/mol. The first-order valence-corrected chi connectivity index (χ1v) is 9.08. The van der Waals surface area contributed by atoms with Gasteiger partial charge in [-0.15, -0.1) is 0 Å². The Bertz CT molecular complexity index is 745. The van der Waals surface area contributed by atoms with Crippen LogP contribution in [0.1, 0.15) is 48.9 Å². The second kappa shape index (κ2) is 9.25. The quantitative estimate of drug-likeness (QED) is 0.330. The Hall–Kier alpha value is -2.53. The maximum Gasteiger partial charge on any atom is 0.167 e. The summed E-state index contributed by atoms with van der Waals surface area (Å²) in [6.07, 6.45) is 4.52. The van der Waals surface area contributed by atoms with Gasteiger partial charge in [0.05, 0.1) is 6.17 Å². The first-order chi connectivity index (χ1) is 12.8. The topological polar surface area (TPSA) is 96.0 Å². The van der Waals surface area contributed by atoms with Crippen molar-refractivity contribution in [1.82, 2.24) is 5.32 Å². The third-order valence-corrected chi connectivity index (χ3v) is 4.96. The van der Waals surface area contributed by atoms with E-state index in [9.17, 15) is 0 Å². The molecule has 0 radical (unpaired) electrons. The van der Waals surface area contributed by atoms with Gasteiger partial charge in [-0.05, 0) is 47.6 Å². The zero-order chi connectivity index (χ0) is 18.2. The molecule has 0 amide bonds. The van der Waals surface area contributed by atoms with Crippen LogP contribution in [0.25, 0.3) is 10.4 Å². The SMILES string of the molecule is [N-]=[N+]=NCOc1cccc([C@@H](N)NC2CCCCC2c2ccccc2)c1. The molecule has 3 rings (SSSR count). The van der Waals surface area contributed by atoms with Crippen LogP contribution in [-0.2, 0) is 0 Å². The lowest BCUT2D eigenvalue weighted by atomic mass is 9.80. The van der Waals surface area contributed by atoms with Gasteiger partial charge < -0.3 is 10.5 Å². The third kappa shape index (κ3) is 4.76. The lowest BCUT2D eigenvalue weighted by molar-refractivity contribution is 0.300. The molecule has 0 aromatic heterocycles. The van der Waals surface area contributed by atoms with Gasteiger partial charge in [-0.1, -0.05) is 60.4 Å². The van der Waals surface area contributed by atoms with Gasteiger partial charge in [-0.25, -0.2) is 0 Å². The molecule has 3 N–H and O–H groups in total. The molecule has 1 saturated carbocycles. The highest BCUT2D eigenvalue weighted by Crippen LogP contribution is 2.34. The molecule has 6 nitrogen and oxygen atoms in total. The molecule has 1 aliphatic rings. The van der Waals surface area contributed by atoms with Crippen molar-refractivity contribution in [3.63, 3.8) is 0 Å². The number of nitrogens with two attached hydrogens (primary N) is 1. The average Bonchev–Trinajstić information content (AvgIpc) is 2.69. The first-order valence-electron chi connectivity index (χ1n) is 9.08. The van der Waals surface area contributed by atoms with Crippen molar-refractivity contribution < 1.29 is 4.74 Å². The zero-order valence-corrected chi connectivity index (χ0v) is 14.8. The van der Waals surface area contributed by atoms with Crippen LogP contribution in [0.2, 0.25) is 0 Å². The minimum absolute atomic E-state index is 0.0265. The van der Waals surface area contributed by atoms with E-state index in [1.165, 1.54) is 24.8 Å². The molecule has 6 heteroatoms. The molecule has 0 spiro atoms. The fraction of sp³-hybridized carbons (Fsp3) is 0.400. The maximum atomic E-state index is 8.34. The van der Waals surface area contributed by atoms with E-state index in [2.05, 4.69) is 45.7 Å². The fourth-order valence-electron chi connectivity index (χ4n) is 3.68. The van der Waals surface area contributed by atoms with E-state index in [0.717, 1.165) is 12.0 Å². The molecule has 2 unspecified atom stereocenters. The van der Waals surface area contributed by atoms with Crippen molar-refractivity contribution in [2.24, 2.45) is 10.8 Å². The highest BCUT2D eigenvalue weighted by Gasteiger charge is 2.27. The number of rotatable bonds is 7. The van der Waals surface area contributed by atoms with E-state index >= 15 is 0 Å². The number of ether oxygens (including phenoxy) is 1. The van der Waals surface area contributed by atoms with Crippen molar-refractivity contribution in [2.75, 3.05) is 6.73 Å². The Labute approximate surface area is 154 Å². The van der Waals surface area contributed by atoms with E-state index in [-0.39, 0.29) is 12.9 Å². The molecular weight excluding hydrogens is 326 g/mol. The summed E-state index contributed by atoms with van der Waals surface area (Å²) < 4.78 is 5.41. The fourth-order valence-corrected chi connectivity index (χ4v) is 3.68. The summed E-state index contributed by atoms with van der Waals surface area (Å²) in [6, 6.07) is 18.6. The van der Waals surface area contributed by atoms with Gasteiger partial charge in [0.1, 0.15) is 5.75 Å². The summed E-state index contributed by atoms with van der Waals surface area (Å²) in [7, 11) is 0. The average molecular weight is 351 g/mol. The molecule has 1 aliphatic carbocycles. The molecule has 0 saturated heterocycles. The molecule has 26 heavy (non-hydrogen) atoms. The molecule has 0 heterocycles. The second-order valence-electron chi connectivity index (χ2n) is 6.63. The largest absolute Gasteiger partial charge is 0.488 e. The smallest absolute Gasteiger partial charge is 0.167 e. The minimum atomic E-state index is -0.271. The Balaban J connectivity index is 1.68. The van der Waals surface area contributed by atoms with E-state index in [1.807, 2.05) is 24.3 Å². The number of hydrogen-bond acceptors (Lipinski definition) is 4. The van der Waals surface area contributed by atoms with Gasteiger partial charge >= 0.3 is 0 Å². The van der Waals surface area contributed by atoms with Crippen LogP contribution < -0.4 is 15.8 Å². The van der Waals surface area contributed by atoms with E-state index < -0.39 is 0 Å². The summed E-state index contributed by atoms with van der Waals surface area (Å²) in [5, 5.41) is 7.01. The van der Waals surface area contributed by atoms with Crippen LogP contribution in [0.15, 0.2) is 59.7 Å². The number of nitrogens with zero attached hydrogens (tertiary/aromatic N) is 3. The minimum Gasteiger partial charge on any atom is -0.488 e.